The molecule has 3 atom stereocenters. The number of amides is 3. The van der Waals surface area contributed by atoms with Gasteiger partial charge in [0.2, 0.25) is 11.8 Å². The molecule has 2 aliphatic heterocycles. The van der Waals surface area contributed by atoms with Crippen LogP contribution < -0.4 is 15.4 Å². The largest absolute Gasteiger partial charge is 0.490 e. The van der Waals surface area contributed by atoms with Gasteiger partial charge in [-0.25, -0.2) is 0 Å². The van der Waals surface area contributed by atoms with Gasteiger partial charge in [-0.3, -0.25) is 14.4 Å². The normalized spacial score (nSPS) is 22.3. The van der Waals surface area contributed by atoms with Crippen molar-refractivity contribution in [1.29, 1.82) is 0 Å². The predicted octanol–water partition coefficient (Wildman–Crippen LogP) is 2.84. The Bertz CT molecular complexity index is 1010. The number of rotatable bonds is 6. The van der Waals surface area contributed by atoms with Crippen LogP contribution in [-0.4, -0.2) is 61.1 Å². The fourth-order valence-corrected chi connectivity index (χ4v) is 5.06. The number of nitrogens with one attached hydrogen (secondary N) is 2. The lowest BCUT2D eigenvalue weighted by Gasteiger charge is -2.42. The Morgan fingerprint density at radius 1 is 1.21 bits per heavy atom. The van der Waals surface area contributed by atoms with Gasteiger partial charge in [0.15, 0.2) is 0 Å². The van der Waals surface area contributed by atoms with E-state index in [9.17, 15) is 14.4 Å². The number of likely N-dealkylation sites (N-methyl/N-ethyl adjacent to an activating group) is 1. The maximum atomic E-state index is 13.3. The van der Waals surface area contributed by atoms with Crippen molar-refractivity contribution < 1.29 is 23.9 Å². The number of hydrogen-bond donors (Lipinski definition) is 2. The summed E-state index contributed by atoms with van der Waals surface area (Å²) in [6, 6.07) is 8.79. The highest BCUT2D eigenvalue weighted by atomic mass is 32.1. The first-order valence-electron chi connectivity index (χ1n) is 11.2. The lowest BCUT2D eigenvalue weighted by molar-refractivity contribution is -0.134. The molecule has 0 unspecified atom stereocenters. The third-order valence-corrected chi connectivity index (χ3v) is 6.87. The molecule has 176 valence electrons. The summed E-state index contributed by atoms with van der Waals surface area (Å²) in [5.41, 5.74) is 0.967. The summed E-state index contributed by atoms with van der Waals surface area (Å²) in [6.07, 6.45) is 1.52. The maximum absolute atomic E-state index is 13.3. The van der Waals surface area contributed by atoms with Crippen molar-refractivity contribution in [3.05, 3.63) is 46.2 Å². The van der Waals surface area contributed by atoms with Crippen molar-refractivity contribution in [2.75, 3.05) is 25.5 Å². The van der Waals surface area contributed by atoms with Crippen LogP contribution in [0.2, 0.25) is 0 Å². The van der Waals surface area contributed by atoms with Crippen LogP contribution in [0.1, 0.15) is 41.4 Å². The number of nitrogens with zero attached hydrogens (tertiary/aromatic N) is 1. The Labute approximate surface area is 197 Å². The number of fused-ring (bicyclic) bond motifs is 2. The topological polar surface area (TPSA) is 97.0 Å². The Balaban J connectivity index is 1.45. The van der Waals surface area contributed by atoms with E-state index in [0.717, 1.165) is 11.3 Å². The zero-order valence-electron chi connectivity index (χ0n) is 18.8. The van der Waals surface area contributed by atoms with E-state index in [4.69, 9.17) is 9.47 Å². The lowest BCUT2D eigenvalue weighted by Crippen LogP contribution is -2.54. The molecule has 0 bridgehead atoms. The lowest BCUT2D eigenvalue weighted by atomic mass is 9.94. The average molecular weight is 472 g/mol. The molecule has 1 fully saturated rings. The highest BCUT2D eigenvalue weighted by Gasteiger charge is 2.39. The van der Waals surface area contributed by atoms with Crippen LogP contribution in [0.25, 0.3) is 0 Å². The number of benzene rings is 1. The molecule has 0 radical (unpaired) electrons. The minimum Gasteiger partial charge on any atom is -0.490 e. The Hall–Kier alpha value is -2.91. The number of carbonyl (C=O) groups is 3. The average Bonchev–Trinajstić information content (AvgIpc) is 3.29. The third kappa shape index (κ3) is 5.54. The molecule has 0 spiro atoms. The third-order valence-electron chi connectivity index (χ3n) is 6.00. The SMILES string of the molecule is CCNC(=O)C[C@H]1CC[C@H]2[C@@H](COc3ccc(NC(=O)Cc4cccs4)cc3C(=O)N2C)O1. The monoisotopic (exact) mass is 471 g/mol. The van der Waals surface area contributed by atoms with Gasteiger partial charge in [0.25, 0.3) is 5.91 Å². The number of ether oxygens (including phenoxy) is 2. The van der Waals surface area contributed by atoms with E-state index in [1.807, 2.05) is 24.4 Å². The number of carbonyl (C=O) groups excluding carboxylic acids is 3. The van der Waals surface area contributed by atoms with E-state index >= 15 is 0 Å². The zero-order valence-corrected chi connectivity index (χ0v) is 19.7. The van der Waals surface area contributed by atoms with E-state index in [1.165, 1.54) is 11.3 Å². The van der Waals surface area contributed by atoms with Gasteiger partial charge >= 0.3 is 0 Å². The van der Waals surface area contributed by atoms with Crippen molar-refractivity contribution in [2.24, 2.45) is 0 Å². The van der Waals surface area contributed by atoms with Crippen molar-refractivity contribution in [3.63, 3.8) is 0 Å². The van der Waals surface area contributed by atoms with Crippen molar-refractivity contribution in [3.8, 4) is 5.75 Å². The quantitative estimate of drug-likeness (QED) is 0.675. The fraction of sp³-hybridized carbons (Fsp3) is 0.458. The van der Waals surface area contributed by atoms with Gasteiger partial charge in [0.1, 0.15) is 18.5 Å². The predicted molar refractivity (Wildman–Crippen MR) is 126 cm³/mol. The first kappa shape index (κ1) is 23.3. The maximum Gasteiger partial charge on any atom is 0.257 e. The van der Waals surface area contributed by atoms with Gasteiger partial charge in [-0.2, -0.15) is 0 Å². The van der Waals surface area contributed by atoms with E-state index < -0.39 is 0 Å². The van der Waals surface area contributed by atoms with Crippen molar-refractivity contribution in [1.82, 2.24) is 10.2 Å². The first-order chi connectivity index (χ1) is 15.9. The molecular weight excluding hydrogens is 442 g/mol. The van der Waals surface area contributed by atoms with Crippen LogP contribution >= 0.6 is 11.3 Å². The summed E-state index contributed by atoms with van der Waals surface area (Å²) >= 11 is 1.53. The summed E-state index contributed by atoms with van der Waals surface area (Å²) in [6.45, 7) is 2.76. The molecule has 1 aromatic carbocycles. The Morgan fingerprint density at radius 3 is 2.82 bits per heavy atom. The molecule has 4 rings (SSSR count). The molecule has 8 nitrogen and oxygen atoms in total. The van der Waals surface area contributed by atoms with E-state index in [1.54, 1.807) is 30.1 Å². The van der Waals surface area contributed by atoms with Gasteiger partial charge in [-0.1, -0.05) is 6.07 Å². The van der Waals surface area contributed by atoms with Gasteiger partial charge in [0, 0.05) is 24.2 Å². The molecule has 0 aliphatic carbocycles. The van der Waals surface area contributed by atoms with Gasteiger partial charge < -0.3 is 25.0 Å². The van der Waals surface area contributed by atoms with Gasteiger partial charge in [0.05, 0.1) is 30.6 Å². The molecule has 3 amide bonds. The number of hydrogen-bond acceptors (Lipinski definition) is 6. The van der Waals surface area contributed by atoms with Crippen molar-refractivity contribution >= 4 is 34.7 Å². The summed E-state index contributed by atoms with van der Waals surface area (Å²) in [4.78, 5) is 40.3. The smallest absolute Gasteiger partial charge is 0.257 e. The van der Waals surface area contributed by atoms with Crippen LogP contribution in [0.4, 0.5) is 5.69 Å². The summed E-state index contributed by atoms with van der Waals surface area (Å²) < 4.78 is 12.1. The molecule has 33 heavy (non-hydrogen) atoms. The molecule has 1 aromatic heterocycles. The molecule has 2 aromatic rings. The Morgan fingerprint density at radius 2 is 2.06 bits per heavy atom. The summed E-state index contributed by atoms with van der Waals surface area (Å²) in [5, 5.41) is 7.61. The van der Waals surface area contributed by atoms with Crippen LogP contribution in [-0.2, 0) is 20.7 Å². The molecule has 9 heteroatoms. The highest BCUT2D eigenvalue weighted by Crippen LogP contribution is 2.32. The van der Waals surface area contributed by atoms with Crippen LogP contribution in [0.15, 0.2) is 35.7 Å². The standard InChI is InChI=1S/C24H29N3O5S/c1-3-25-22(28)12-16-7-8-19-21(32-16)14-31-20-9-6-15(11-18(20)24(30)27(19)2)26-23(29)13-17-5-4-10-33-17/h4-6,9-11,16,19,21H,3,7-8,12-14H2,1-2H3,(H,25,28)(H,26,29)/t16-,19+,21-/m1/s1. The molecule has 0 saturated carbocycles. The summed E-state index contributed by atoms with van der Waals surface area (Å²) in [5.74, 6) is 0.107. The highest BCUT2D eigenvalue weighted by molar-refractivity contribution is 7.10. The minimum absolute atomic E-state index is 0.0313. The zero-order chi connectivity index (χ0) is 23.4. The van der Waals surface area contributed by atoms with Gasteiger partial charge in [-0.15, -0.1) is 11.3 Å². The fourth-order valence-electron chi connectivity index (χ4n) is 4.36. The van der Waals surface area contributed by atoms with Crippen LogP contribution in [0, 0.1) is 0 Å². The second kappa shape index (κ2) is 10.4. The Kier molecular flexibility index (Phi) is 7.29. The summed E-state index contributed by atoms with van der Waals surface area (Å²) in [7, 11) is 1.77. The molecular formula is C24H29N3O5S. The molecule has 3 heterocycles. The van der Waals surface area contributed by atoms with E-state index in [-0.39, 0.29) is 49.0 Å². The van der Waals surface area contributed by atoms with Crippen molar-refractivity contribution in [2.45, 2.75) is 50.9 Å². The minimum atomic E-state index is -0.314. The van der Waals surface area contributed by atoms with E-state index in [2.05, 4.69) is 10.6 Å². The van der Waals surface area contributed by atoms with Crippen LogP contribution in [0.3, 0.4) is 0 Å². The second-order valence-electron chi connectivity index (χ2n) is 8.34. The molecule has 2 N–H and O–H groups in total. The molecule has 2 aliphatic rings. The number of thiophene rings is 1. The van der Waals surface area contributed by atoms with Gasteiger partial charge in [-0.05, 0) is 49.4 Å². The first-order valence-corrected chi connectivity index (χ1v) is 12.1. The molecule has 1 saturated heterocycles. The van der Waals surface area contributed by atoms with Crippen LogP contribution in [0.5, 0.6) is 5.75 Å². The van der Waals surface area contributed by atoms with E-state index in [0.29, 0.717) is 36.4 Å². The second-order valence-corrected chi connectivity index (χ2v) is 9.37. The number of anilines is 1.